The smallest absolute Gasteiger partial charge is 0.287 e. The molecule has 1 aromatic heterocycles. The summed E-state index contributed by atoms with van der Waals surface area (Å²) >= 11 is 6.00. The first-order valence-corrected chi connectivity index (χ1v) is 5.98. The molecule has 0 fully saturated rings. The van der Waals surface area contributed by atoms with Crippen LogP contribution in [0, 0.1) is 18.3 Å². The Labute approximate surface area is 112 Å². The van der Waals surface area contributed by atoms with Gasteiger partial charge in [0.2, 0.25) is 0 Å². The molecule has 0 aliphatic rings. The Kier molecular flexibility index (Phi) is 4.99. The number of hydrogen-bond acceptors (Lipinski definition) is 3. The lowest BCUT2D eigenvalue weighted by Gasteiger charge is -2.18. The number of nitrogens with one attached hydrogen (secondary N) is 1. The lowest BCUT2D eigenvalue weighted by Crippen LogP contribution is -2.28. The monoisotopic (exact) mass is 265 g/mol. The second-order valence-corrected chi connectivity index (χ2v) is 4.56. The Morgan fingerprint density at radius 1 is 1.72 bits per heavy atom. The summed E-state index contributed by atoms with van der Waals surface area (Å²) in [4.78, 5) is 11.8. The highest BCUT2D eigenvalue weighted by molar-refractivity contribution is 6.32. The van der Waals surface area contributed by atoms with Crippen LogP contribution in [0.4, 0.5) is 5.69 Å². The fourth-order valence-corrected chi connectivity index (χ4v) is 1.59. The fraction of sp³-hybridized carbons (Fsp3) is 0.385. The molecule has 0 saturated carbocycles. The average molecular weight is 266 g/mol. The lowest BCUT2D eigenvalue weighted by molar-refractivity contribution is 0.610. The number of allylic oxidation sites excluding steroid dienone is 1. The maximum Gasteiger partial charge on any atom is 0.287 e. The number of hydrogen-bond donors (Lipinski definition) is 1. The zero-order valence-corrected chi connectivity index (χ0v) is 11.2. The predicted octanol–water partition coefficient (Wildman–Crippen LogP) is 2.15. The van der Waals surface area contributed by atoms with Gasteiger partial charge in [-0.05, 0) is 5.92 Å². The van der Waals surface area contributed by atoms with E-state index in [0.717, 1.165) is 0 Å². The maximum absolute atomic E-state index is 11.8. The number of aromatic nitrogens is 2. The van der Waals surface area contributed by atoms with Crippen LogP contribution in [-0.2, 0) is 6.54 Å². The van der Waals surface area contributed by atoms with Crippen molar-refractivity contribution in [3.8, 4) is 12.3 Å². The molecule has 0 amide bonds. The largest absolute Gasteiger partial charge is 0.369 e. The number of anilines is 1. The van der Waals surface area contributed by atoms with Crippen LogP contribution in [0.15, 0.2) is 23.6 Å². The third-order valence-corrected chi connectivity index (χ3v) is 2.81. The van der Waals surface area contributed by atoms with Crippen molar-refractivity contribution in [2.24, 2.45) is 5.92 Å². The molecule has 0 saturated heterocycles. The molecule has 96 valence electrons. The first-order chi connectivity index (χ1) is 8.51. The van der Waals surface area contributed by atoms with E-state index in [1.165, 1.54) is 10.9 Å². The SMILES string of the molecule is C#CC(Nc1cnn(CC=C)c(=O)c1Cl)C(C)C. The van der Waals surface area contributed by atoms with Crippen molar-refractivity contribution in [1.29, 1.82) is 0 Å². The molecule has 1 N–H and O–H groups in total. The van der Waals surface area contributed by atoms with Crippen molar-refractivity contribution in [3.05, 3.63) is 34.2 Å². The first-order valence-electron chi connectivity index (χ1n) is 5.60. The molecule has 4 nitrogen and oxygen atoms in total. The van der Waals surface area contributed by atoms with Crippen molar-refractivity contribution in [1.82, 2.24) is 9.78 Å². The summed E-state index contributed by atoms with van der Waals surface area (Å²) < 4.78 is 1.24. The summed E-state index contributed by atoms with van der Waals surface area (Å²) in [5.74, 6) is 2.84. The molecule has 1 atom stereocenters. The molecule has 1 aromatic rings. The van der Waals surface area contributed by atoms with E-state index < -0.39 is 0 Å². The van der Waals surface area contributed by atoms with Gasteiger partial charge in [-0.1, -0.05) is 37.4 Å². The Bertz CT molecular complexity index is 528. The van der Waals surface area contributed by atoms with Crippen molar-refractivity contribution in [2.45, 2.75) is 26.4 Å². The molecule has 0 aromatic carbocycles. The molecule has 0 aliphatic heterocycles. The van der Waals surface area contributed by atoms with Crippen molar-refractivity contribution < 1.29 is 0 Å². The molecule has 0 aliphatic carbocycles. The zero-order valence-electron chi connectivity index (χ0n) is 10.5. The van der Waals surface area contributed by atoms with Gasteiger partial charge in [0.1, 0.15) is 5.02 Å². The topological polar surface area (TPSA) is 46.9 Å². The van der Waals surface area contributed by atoms with Crippen LogP contribution < -0.4 is 10.9 Å². The van der Waals surface area contributed by atoms with Gasteiger partial charge in [0.15, 0.2) is 0 Å². The van der Waals surface area contributed by atoms with Crippen LogP contribution in [0.2, 0.25) is 5.02 Å². The average Bonchev–Trinajstić information content (AvgIpc) is 2.34. The second-order valence-electron chi connectivity index (χ2n) is 4.18. The minimum absolute atomic E-state index is 0.0905. The van der Waals surface area contributed by atoms with Gasteiger partial charge in [0, 0.05) is 0 Å². The van der Waals surface area contributed by atoms with Gasteiger partial charge in [-0.15, -0.1) is 13.0 Å². The van der Waals surface area contributed by atoms with Crippen molar-refractivity contribution in [2.75, 3.05) is 5.32 Å². The van der Waals surface area contributed by atoms with Crippen LogP contribution in [0.25, 0.3) is 0 Å². The minimum Gasteiger partial charge on any atom is -0.369 e. The van der Waals surface area contributed by atoms with E-state index in [1.54, 1.807) is 6.08 Å². The summed E-state index contributed by atoms with van der Waals surface area (Å²) in [5, 5.41) is 7.12. The Balaban J connectivity index is 3.06. The molecular formula is C13H16ClN3O. The highest BCUT2D eigenvalue weighted by Crippen LogP contribution is 2.18. The number of halogens is 1. The van der Waals surface area contributed by atoms with Crippen LogP contribution in [0.3, 0.4) is 0 Å². The van der Waals surface area contributed by atoms with E-state index in [1.807, 2.05) is 13.8 Å². The molecule has 5 heteroatoms. The summed E-state index contributed by atoms with van der Waals surface area (Å²) in [6.45, 7) is 7.84. The van der Waals surface area contributed by atoms with Gasteiger partial charge >= 0.3 is 0 Å². The molecule has 1 heterocycles. The molecule has 1 unspecified atom stereocenters. The van der Waals surface area contributed by atoms with Crippen molar-refractivity contribution in [3.63, 3.8) is 0 Å². The van der Waals surface area contributed by atoms with Crippen molar-refractivity contribution >= 4 is 17.3 Å². The summed E-state index contributed by atoms with van der Waals surface area (Å²) in [5.41, 5.74) is 0.0970. The van der Waals surface area contributed by atoms with E-state index in [4.69, 9.17) is 18.0 Å². The van der Waals surface area contributed by atoms with E-state index >= 15 is 0 Å². The molecule has 1 rings (SSSR count). The molecule has 18 heavy (non-hydrogen) atoms. The second kappa shape index (κ2) is 6.27. The predicted molar refractivity (Wildman–Crippen MR) is 74.8 cm³/mol. The van der Waals surface area contributed by atoms with E-state index in [2.05, 4.69) is 22.9 Å². The van der Waals surface area contributed by atoms with Gasteiger partial charge in [-0.3, -0.25) is 4.79 Å². The van der Waals surface area contributed by atoms with Crippen LogP contribution in [-0.4, -0.2) is 15.8 Å². The highest BCUT2D eigenvalue weighted by Gasteiger charge is 2.14. The number of nitrogens with zero attached hydrogens (tertiary/aromatic N) is 2. The Morgan fingerprint density at radius 2 is 2.39 bits per heavy atom. The molecular weight excluding hydrogens is 250 g/mol. The van der Waals surface area contributed by atoms with Gasteiger partial charge in [-0.2, -0.15) is 5.10 Å². The van der Waals surface area contributed by atoms with E-state index in [-0.39, 0.29) is 22.5 Å². The lowest BCUT2D eigenvalue weighted by atomic mass is 10.1. The zero-order chi connectivity index (χ0) is 13.7. The molecule has 0 bridgehead atoms. The molecule has 0 radical (unpaired) electrons. The van der Waals surface area contributed by atoms with Crippen LogP contribution in [0.5, 0.6) is 0 Å². The third-order valence-electron chi connectivity index (χ3n) is 2.44. The van der Waals surface area contributed by atoms with Gasteiger partial charge in [0.25, 0.3) is 5.56 Å². The molecule has 0 spiro atoms. The van der Waals surface area contributed by atoms with E-state index in [0.29, 0.717) is 12.2 Å². The van der Waals surface area contributed by atoms with Gasteiger partial charge in [-0.25, -0.2) is 4.68 Å². The minimum atomic E-state index is -0.360. The van der Waals surface area contributed by atoms with Gasteiger partial charge < -0.3 is 5.32 Å². The highest BCUT2D eigenvalue weighted by atomic mass is 35.5. The normalized spacial score (nSPS) is 11.9. The summed E-state index contributed by atoms with van der Waals surface area (Å²) in [6.07, 6.45) is 8.49. The summed E-state index contributed by atoms with van der Waals surface area (Å²) in [7, 11) is 0. The first kappa shape index (κ1) is 14.3. The standard InChI is InChI=1S/C13H16ClN3O/c1-5-7-17-13(18)12(14)11(8-15-17)16-10(6-2)9(3)4/h2,5,8-10,16H,1,7H2,3-4H3. The van der Waals surface area contributed by atoms with Gasteiger partial charge in [0.05, 0.1) is 24.5 Å². The third kappa shape index (κ3) is 3.14. The number of rotatable bonds is 5. The maximum atomic E-state index is 11.8. The number of terminal acetylenes is 1. The Morgan fingerprint density at radius 3 is 2.89 bits per heavy atom. The fourth-order valence-electron chi connectivity index (χ4n) is 1.39. The van der Waals surface area contributed by atoms with Crippen LogP contribution in [0.1, 0.15) is 13.8 Å². The summed E-state index contributed by atoms with van der Waals surface area (Å²) in [6, 6.07) is -0.195. The van der Waals surface area contributed by atoms with E-state index in [9.17, 15) is 4.79 Å². The quantitative estimate of drug-likeness (QED) is 0.656. The Hall–Kier alpha value is -1.73. The van der Waals surface area contributed by atoms with Crippen LogP contribution >= 0.6 is 11.6 Å².